The minimum Gasteiger partial charge on any atom is -0.399 e. The smallest absolute Gasteiger partial charge is 0.324 e. The summed E-state index contributed by atoms with van der Waals surface area (Å²) in [6.07, 6.45) is 0.973. The predicted octanol–water partition coefficient (Wildman–Crippen LogP) is 1.92. The van der Waals surface area contributed by atoms with Crippen molar-refractivity contribution in [1.29, 1.82) is 0 Å². The molecular formula is C12H17N3O. The van der Waals surface area contributed by atoms with Gasteiger partial charge in [0.1, 0.15) is 0 Å². The number of carbonyl (C=O) groups is 1. The molecule has 0 radical (unpaired) electrons. The van der Waals surface area contributed by atoms with Crippen LogP contribution in [0.15, 0.2) is 24.3 Å². The molecule has 2 rings (SSSR count). The zero-order valence-corrected chi connectivity index (χ0v) is 9.68. The standard InChI is InChI=1S/C12H17N3O/c1-3-10-8-15(12(16)14(10)2)11-6-4-5-9(13)7-11/h4-7,10H,3,8,13H2,1-2H3. The van der Waals surface area contributed by atoms with Crippen LogP contribution in [0.1, 0.15) is 13.3 Å². The molecule has 0 spiro atoms. The molecule has 0 bridgehead atoms. The highest BCUT2D eigenvalue weighted by molar-refractivity contribution is 5.94. The quantitative estimate of drug-likeness (QED) is 0.772. The van der Waals surface area contributed by atoms with E-state index in [0.29, 0.717) is 11.7 Å². The van der Waals surface area contributed by atoms with Crippen molar-refractivity contribution in [1.82, 2.24) is 4.90 Å². The molecule has 86 valence electrons. The van der Waals surface area contributed by atoms with Gasteiger partial charge in [0, 0.05) is 25.0 Å². The molecule has 2 amide bonds. The average Bonchev–Trinajstić information content (AvgIpc) is 2.56. The Kier molecular flexibility index (Phi) is 2.73. The Labute approximate surface area is 95.6 Å². The first-order valence-electron chi connectivity index (χ1n) is 5.53. The van der Waals surface area contributed by atoms with Crippen molar-refractivity contribution < 1.29 is 4.79 Å². The Hall–Kier alpha value is -1.71. The van der Waals surface area contributed by atoms with Crippen molar-refractivity contribution in [3.63, 3.8) is 0 Å². The van der Waals surface area contributed by atoms with Gasteiger partial charge in [0.05, 0.1) is 6.04 Å². The highest BCUT2D eigenvalue weighted by Gasteiger charge is 2.34. The van der Waals surface area contributed by atoms with Gasteiger partial charge in [-0.25, -0.2) is 4.79 Å². The van der Waals surface area contributed by atoms with E-state index in [0.717, 1.165) is 18.7 Å². The van der Waals surface area contributed by atoms with Crippen molar-refractivity contribution in [2.45, 2.75) is 19.4 Å². The molecule has 1 aromatic carbocycles. The first-order valence-corrected chi connectivity index (χ1v) is 5.53. The summed E-state index contributed by atoms with van der Waals surface area (Å²) < 4.78 is 0. The van der Waals surface area contributed by atoms with Crippen molar-refractivity contribution in [3.8, 4) is 0 Å². The molecule has 2 N–H and O–H groups in total. The zero-order chi connectivity index (χ0) is 11.7. The number of hydrogen-bond donors (Lipinski definition) is 1. The Morgan fingerprint density at radius 2 is 2.25 bits per heavy atom. The largest absolute Gasteiger partial charge is 0.399 e. The molecule has 1 aliphatic heterocycles. The highest BCUT2D eigenvalue weighted by Crippen LogP contribution is 2.25. The zero-order valence-electron chi connectivity index (χ0n) is 9.68. The van der Waals surface area contributed by atoms with E-state index in [4.69, 9.17) is 5.73 Å². The van der Waals surface area contributed by atoms with Crippen molar-refractivity contribution in [3.05, 3.63) is 24.3 Å². The van der Waals surface area contributed by atoms with Gasteiger partial charge in [-0.3, -0.25) is 4.90 Å². The van der Waals surface area contributed by atoms with Gasteiger partial charge in [-0.1, -0.05) is 13.0 Å². The Morgan fingerprint density at radius 1 is 1.50 bits per heavy atom. The first-order chi connectivity index (χ1) is 7.63. The number of likely N-dealkylation sites (N-methyl/N-ethyl adjacent to an activating group) is 1. The van der Waals surface area contributed by atoms with Gasteiger partial charge in [-0.05, 0) is 24.6 Å². The van der Waals surface area contributed by atoms with E-state index in [1.807, 2.05) is 31.3 Å². The Morgan fingerprint density at radius 3 is 2.81 bits per heavy atom. The van der Waals surface area contributed by atoms with Gasteiger partial charge in [0.2, 0.25) is 0 Å². The summed E-state index contributed by atoms with van der Waals surface area (Å²) in [4.78, 5) is 15.6. The highest BCUT2D eigenvalue weighted by atomic mass is 16.2. The fourth-order valence-electron chi connectivity index (χ4n) is 2.07. The van der Waals surface area contributed by atoms with Crippen LogP contribution in [0.25, 0.3) is 0 Å². The third-order valence-electron chi connectivity index (χ3n) is 3.13. The monoisotopic (exact) mass is 219 g/mol. The number of anilines is 2. The summed E-state index contributed by atoms with van der Waals surface area (Å²) >= 11 is 0. The van der Waals surface area contributed by atoms with Crippen LogP contribution in [-0.2, 0) is 0 Å². The maximum Gasteiger partial charge on any atom is 0.324 e. The van der Waals surface area contributed by atoms with Gasteiger partial charge in [-0.15, -0.1) is 0 Å². The maximum atomic E-state index is 12.0. The van der Waals surface area contributed by atoms with Crippen LogP contribution in [0.3, 0.4) is 0 Å². The minimum absolute atomic E-state index is 0.0532. The number of rotatable bonds is 2. The predicted molar refractivity (Wildman–Crippen MR) is 65.4 cm³/mol. The maximum absolute atomic E-state index is 12.0. The Balaban J connectivity index is 2.26. The second kappa shape index (κ2) is 4.04. The van der Waals surface area contributed by atoms with Crippen LogP contribution in [0.4, 0.5) is 16.2 Å². The van der Waals surface area contributed by atoms with E-state index in [1.165, 1.54) is 0 Å². The number of amides is 2. The molecule has 1 unspecified atom stereocenters. The minimum atomic E-state index is 0.0532. The summed E-state index contributed by atoms with van der Waals surface area (Å²) in [6.45, 7) is 2.84. The van der Waals surface area contributed by atoms with Crippen molar-refractivity contribution in [2.24, 2.45) is 0 Å². The molecule has 0 aliphatic carbocycles. The van der Waals surface area contributed by atoms with Gasteiger partial charge >= 0.3 is 6.03 Å². The SMILES string of the molecule is CCC1CN(c2cccc(N)c2)C(=O)N1C. The van der Waals surface area contributed by atoms with E-state index < -0.39 is 0 Å². The lowest BCUT2D eigenvalue weighted by atomic mass is 10.2. The molecule has 1 fully saturated rings. The summed E-state index contributed by atoms with van der Waals surface area (Å²) in [7, 11) is 1.85. The van der Waals surface area contributed by atoms with Crippen LogP contribution >= 0.6 is 0 Å². The summed E-state index contributed by atoms with van der Waals surface area (Å²) in [6, 6.07) is 7.80. The second-order valence-electron chi connectivity index (χ2n) is 4.16. The molecule has 1 aliphatic rings. The van der Waals surface area contributed by atoms with Crippen LogP contribution in [0.2, 0.25) is 0 Å². The number of nitrogen functional groups attached to an aromatic ring is 1. The van der Waals surface area contributed by atoms with Gasteiger partial charge in [-0.2, -0.15) is 0 Å². The molecule has 1 atom stereocenters. The summed E-state index contributed by atoms with van der Waals surface area (Å²) in [5.41, 5.74) is 7.29. The number of hydrogen-bond acceptors (Lipinski definition) is 2. The molecule has 0 aromatic heterocycles. The lowest BCUT2D eigenvalue weighted by Gasteiger charge is -2.16. The first kappa shape index (κ1) is 10.8. The van der Waals surface area contributed by atoms with Crippen LogP contribution in [0.5, 0.6) is 0 Å². The topological polar surface area (TPSA) is 49.6 Å². The number of benzene rings is 1. The van der Waals surface area contributed by atoms with E-state index in [2.05, 4.69) is 6.92 Å². The van der Waals surface area contributed by atoms with Crippen molar-refractivity contribution >= 4 is 17.4 Å². The van der Waals surface area contributed by atoms with Gasteiger partial charge in [0.25, 0.3) is 0 Å². The van der Waals surface area contributed by atoms with Gasteiger partial charge < -0.3 is 10.6 Å². The van der Waals surface area contributed by atoms with Crippen LogP contribution in [0, 0.1) is 0 Å². The molecule has 16 heavy (non-hydrogen) atoms. The third kappa shape index (κ3) is 1.71. The fraction of sp³-hybridized carbons (Fsp3) is 0.417. The van der Waals surface area contributed by atoms with Crippen LogP contribution in [-0.4, -0.2) is 30.6 Å². The lowest BCUT2D eigenvalue weighted by Crippen LogP contribution is -2.30. The molecule has 4 nitrogen and oxygen atoms in total. The fourth-order valence-corrected chi connectivity index (χ4v) is 2.07. The third-order valence-corrected chi connectivity index (χ3v) is 3.13. The molecule has 1 heterocycles. The van der Waals surface area contributed by atoms with Crippen LogP contribution < -0.4 is 10.6 Å². The van der Waals surface area contributed by atoms with E-state index in [1.54, 1.807) is 9.80 Å². The summed E-state index contributed by atoms with van der Waals surface area (Å²) in [5.74, 6) is 0. The average molecular weight is 219 g/mol. The molecule has 1 aromatic rings. The normalized spacial score (nSPS) is 20.6. The number of urea groups is 1. The number of carbonyl (C=O) groups excluding carboxylic acids is 1. The van der Waals surface area contributed by atoms with E-state index >= 15 is 0 Å². The molecule has 0 saturated carbocycles. The van der Waals surface area contributed by atoms with E-state index in [-0.39, 0.29) is 6.03 Å². The lowest BCUT2D eigenvalue weighted by molar-refractivity contribution is 0.218. The van der Waals surface area contributed by atoms with E-state index in [9.17, 15) is 4.79 Å². The Bertz CT molecular complexity index is 405. The van der Waals surface area contributed by atoms with Gasteiger partial charge in [0.15, 0.2) is 0 Å². The number of nitrogens with two attached hydrogens (primary N) is 1. The van der Waals surface area contributed by atoms with Crippen molar-refractivity contribution in [2.75, 3.05) is 24.2 Å². The molecule has 1 saturated heterocycles. The summed E-state index contributed by atoms with van der Waals surface area (Å²) in [5, 5.41) is 0. The molecular weight excluding hydrogens is 202 g/mol. The second-order valence-corrected chi connectivity index (χ2v) is 4.16. The molecule has 4 heteroatoms. The number of nitrogens with zero attached hydrogens (tertiary/aromatic N) is 2.